The number of methoxy groups -OCH3 is 1. The molecule has 0 bridgehead atoms. The highest BCUT2D eigenvalue weighted by molar-refractivity contribution is 9.11. The van der Waals surface area contributed by atoms with Crippen molar-refractivity contribution in [1.29, 1.82) is 0 Å². The third-order valence-electron chi connectivity index (χ3n) is 6.75. The molecule has 0 aliphatic carbocycles. The average Bonchev–Trinajstić information content (AvgIpc) is 3.36. The molecule has 220 valence electrons. The molecule has 8 nitrogen and oxygen atoms in total. The second-order valence-electron chi connectivity index (χ2n) is 9.49. The lowest BCUT2D eigenvalue weighted by atomic mass is 9.94. The molecule has 1 N–H and O–H groups in total. The van der Waals surface area contributed by atoms with Gasteiger partial charge in [-0.3, -0.25) is 14.8 Å². The van der Waals surface area contributed by atoms with Crippen LogP contribution in [0, 0.1) is 0 Å². The second kappa shape index (κ2) is 15.9. The van der Waals surface area contributed by atoms with Gasteiger partial charge in [-0.15, -0.1) is 0 Å². The van der Waals surface area contributed by atoms with Crippen LogP contribution in [0.5, 0.6) is 0 Å². The maximum atomic E-state index is 14.4. The number of allylic oxidation sites excluding steroid dienone is 3. The molecule has 2 aliphatic heterocycles. The highest BCUT2D eigenvalue weighted by Crippen LogP contribution is 2.39. The zero-order chi connectivity index (χ0) is 29.9. The Labute approximate surface area is 259 Å². The average molecular weight is 690 g/mol. The summed E-state index contributed by atoms with van der Waals surface area (Å²) < 4.78 is 12.6. The van der Waals surface area contributed by atoms with Crippen molar-refractivity contribution in [3.63, 3.8) is 0 Å². The smallest absolute Gasteiger partial charge is 0.326 e. The maximum Gasteiger partial charge on any atom is 0.326 e. The van der Waals surface area contributed by atoms with Gasteiger partial charge in [-0.05, 0) is 48.4 Å². The molecular weight excluding hydrogens is 652 g/mol. The number of ether oxygens (including phenoxy) is 2. The van der Waals surface area contributed by atoms with Crippen LogP contribution in [0.25, 0.3) is 0 Å². The number of amidine groups is 1. The largest absolute Gasteiger partial charge is 0.501 e. The van der Waals surface area contributed by atoms with Gasteiger partial charge in [-0.25, -0.2) is 4.79 Å². The molecule has 41 heavy (non-hydrogen) atoms. The molecule has 2 aliphatic rings. The van der Waals surface area contributed by atoms with Crippen LogP contribution in [0.15, 0.2) is 105 Å². The number of urea groups is 1. The molecule has 2 amide bonds. The highest BCUT2D eigenvalue weighted by Gasteiger charge is 2.44. The summed E-state index contributed by atoms with van der Waals surface area (Å²) in [6.07, 6.45) is 8.80. The molecule has 1 saturated heterocycles. The molecule has 3 rings (SSSR count). The van der Waals surface area contributed by atoms with Crippen molar-refractivity contribution in [3.05, 3.63) is 106 Å². The minimum atomic E-state index is -0.474. The third kappa shape index (κ3) is 8.78. The number of hydrogen-bond donors (Lipinski definition) is 1. The first kappa shape index (κ1) is 32.6. The Hall–Kier alpha value is -2.92. The summed E-state index contributed by atoms with van der Waals surface area (Å²) in [6, 6.07) is 6.80. The first-order chi connectivity index (χ1) is 19.7. The fourth-order valence-corrected chi connectivity index (χ4v) is 4.98. The summed E-state index contributed by atoms with van der Waals surface area (Å²) in [6.45, 7) is 17.5. The number of piperazine rings is 1. The molecule has 2 atom stereocenters. The van der Waals surface area contributed by atoms with E-state index in [4.69, 9.17) is 14.5 Å². The van der Waals surface area contributed by atoms with Gasteiger partial charge in [0.25, 0.3) is 0 Å². The Morgan fingerprint density at radius 3 is 2.37 bits per heavy atom. The van der Waals surface area contributed by atoms with Crippen LogP contribution in [0.2, 0.25) is 0 Å². The molecule has 1 fully saturated rings. The number of β-amino-alcohol motifs (C(OH)–C–C–N with tert-alkyl or cyclic N) is 1. The van der Waals surface area contributed by atoms with Crippen molar-refractivity contribution in [2.75, 3.05) is 53.0 Å². The second-order valence-corrected chi connectivity index (χ2v) is 11.4. The first-order valence-corrected chi connectivity index (χ1v) is 15.0. The summed E-state index contributed by atoms with van der Waals surface area (Å²) in [5.74, 6) is 0.916. The van der Waals surface area contributed by atoms with Gasteiger partial charge in [0.2, 0.25) is 0 Å². The molecule has 0 spiro atoms. The van der Waals surface area contributed by atoms with Gasteiger partial charge in [0.05, 0.1) is 38.2 Å². The molecular formula is C31H38Br2N4O4. The summed E-state index contributed by atoms with van der Waals surface area (Å²) in [5.41, 5.74) is 2.24. The number of amides is 2. The number of aliphatic imine (C=N–C) groups is 1. The minimum Gasteiger partial charge on any atom is -0.501 e. The van der Waals surface area contributed by atoms with E-state index in [0.29, 0.717) is 61.0 Å². The maximum absolute atomic E-state index is 14.4. The number of carbonyl (C=O) groups excluding carboxylic acids is 1. The number of aliphatic hydroxyl groups excluding tert-OH is 1. The molecule has 0 radical (unpaired) electrons. The quantitative estimate of drug-likeness (QED) is 0.217. The van der Waals surface area contributed by atoms with Crippen LogP contribution >= 0.6 is 31.9 Å². The topological polar surface area (TPSA) is 77.8 Å². The van der Waals surface area contributed by atoms with E-state index >= 15 is 0 Å². The Morgan fingerprint density at radius 1 is 1.10 bits per heavy atom. The Morgan fingerprint density at radius 2 is 1.78 bits per heavy atom. The predicted octanol–water partition coefficient (Wildman–Crippen LogP) is 5.96. The normalized spacial score (nSPS) is 20.0. The van der Waals surface area contributed by atoms with Crippen molar-refractivity contribution < 1.29 is 19.4 Å². The van der Waals surface area contributed by atoms with Crippen LogP contribution in [0.4, 0.5) is 4.79 Å². The van der Waals surface area contributed by atoms with E-state index < -0.39 is 12.1 Å². The number of hydrogen-bond acceptors (Lipinski definition) is 6. The number of benzene rings is 1. The van der Waals surface area contributed by atoms with E-state index in [2.05, 4.69) is 56.5 Å². The Bertz CT molecular complexity index is 1230. The van der Waals surface area contributed by atoms with Crippen molar-refractivity contribution in [3.8, 4) is 0 Å². The summed E-state index contributed by atoms with van der Waals surface area (Å²) in [5, 5.41) is 9.37. The zero-order valence-corrected chi connectivity index (χ0v) is 26.8. The monoisotopic (exact) mass is 688 g/mol. The van der Waals surface area contributed by atoms with Crippen molar-refractivity contribution in [2.45, 2.75) is 19.0 Å². The van der Waals surface area contributed by atoms with Gasteiger partial charge in [0.1, 0.15) is 17.6 Å². The molecule has 1 aromatic rings. The van der Waals surface area contributed by atoms with Gasteiger partial charge >= 0.3 is 6.03 Å². The number of carbonyl (C=O) groups is 1. The fourth-order valence-electron chi connectivity index (χ4n) is 4.58. The Balaban J connectivity index is 2.15. The van der Waals surface area contributed by atoms with E-state index in [9.17, 15) is 9.90 Å². The SMILES string of the molecule is C=C(Br)/C=C\C(=C)C1N=C(C(/C=C\C(=C)OC)=C\OCC)N(C(=O)N2CCN(CCO)CC2)C1c1ccc(Br)cc1. The number of halogens is 2. The van der Waals surface area contributed by atoms with Crippen LogP contribution in [0.1, 0.15) is 18.5 Å². The van der Waals surface area contributed by atoms with Gasteiger partial charge in [-0.1, -0.05) is 69.8 Å². The number of nitrogens with zero attached hydrogens (tertiary/aromatic N) is 4. The molecule has 2 unspecified atom stereocenters. The summed E-state index contributed by atoms with van der Waals surface area (Å²) in [7, 11) is 1.55. The van der Waals surface area contributed by atoms with Crippen LogP contribution < -0.4 is 0 Å². The van der Waals surface area contributed by atoms with Gasteiger partial charge in [0.15, 0.2) is 0 Å². The number of rotatable bonds is 12. The highest BCUT2D eigenvalue weighted by atomic mass is 79.9. The van der Waals surface area contributed by atoms with Crippen LogP contribution in [0.3, 0.4) is 0 Å². The first-order valence-electron chi connectivity index (χ1n) is 13.4. The lowest BCUT2D eigenvalue weighted by molar-refractivity contribution is 0.108. The van der Waals surface area contributed by atoms with Gasteiger partial charge in [0, 0.05) is 41.7 Å². The number of aliphatic hydroxyl groups is 1. The Kier molecular flexibility index (Phi) is 12.6. The van der Waals surface area contributed by atoms with Crippen molar-refractivity contribution >= 4 is 43.7 Å². The fraction of sp³-hybridized carbons (Fsp3) is 0.355. The lowest BCUT2D eigenvalue weighted by Gasteiger charge is -2.39. The third-order valence-corrected chi connectivity index (χ3v) is 7.54. The van der Waals surface area contributed by atoms with Crippen LogP contribution in [-0.4, -0.2) is 90.8 Å². The van der Waals surface area contributed by atoms with Gasteiger partial charge < -0.3 is 19.5 Å². The predicted molar refractivity (Wildman–Crippen MR) is 172 cm³/mol. The molecule has 0 aromatic heterocycles. The van der Waals surface area contributed by atoms with E-state index in [0.717, 1.165) is 15.6 Å². The molecule has 0 saturated carbocycles. The van der Waals surface area contributed by atoms with E-state index in [1.807, 2.05) is 48.2 Å². The van der Waals surface area contributed by atoms with Gasteiger partial charge in [-0.2, -0.15) is 0 Å². The molecule has 10 heteroatoms. The standard InChI is InChI=1S/C31H38Br2N4O4/c1-6-41-21-26(10-9-24(4)40-5)30-34-28(22(2)7-8-23(3)32)29(25-11-13-27(33)14-12-25)37(30)31(39)36-17-15-35(16-18-36)19-20-38/h7-14,21,28-29,38H,2-4,6,15-20H2,1,5H3/b8-7-,10-9-,26-21-. The zero-order valence-electron chi connectivity index (χ0n) is 23.6. The molecule has 2 heterocycles. The summed E-state index contributed by atoms with van der Waals surface area (Å²) >= 11 is 6.91. The minimum absolute atomic E-state index is 0.0886. The lowest BCUT2D eigenvalue weighted by Crippen LogP contribution is -2.54. The van der Waals surface area contributed by atoms with E-state index in [-0.39, 0.29) is 12.6 Å². The molecule has 1 aromatic carbocycles. The van der Waals surface area contributed by atoms with E-state index in [1.54, 1.807) is 30.4 Å². The van der Waals surface area contributed by atoms with Crippen LogP contribution in [-0.2, 0) is 9.47 Å². The summed E-state index contributed by atoms with van der Waals surface area (Å²) in [4.78, 5) is 25.3. The van der Waals surface area contributed by atoms with Crippen molar-refractivity contribution in [2.24, 2.45) is 4.99 Å². The van der Waals surface area contributed by atoms with E-state index in [1.165, 1.54) is 0 Å². The van der Waals surface area contributed by atoms with Crippen molar-refractivity contribution in [1.82, 2.24) is 14.7 Å².